The number of nitrogens with one attached hydrogen (secondary N) is 1. The largest absolute Gasteiger partial charge is 0.313 e. The number of hydrogen-bond acceptors (Lipinski definition) is 2. The predicted octanol–water partition coefficient (Wildman–Crippen LogP) is 2.05. The van der Waals surface area contributed by atoms with E-state index in [1.54, 1.807) is 0 Å². The fourth-order valence-corrected chi connectivity index (χ4v) is 2.42. The molecule has 1 heterocycles. The summed E-state index contributed by atoms with van der Waals surface area (Å²) in [5.41, 5.74) is 0. The molecule has 0 amide bonds. The molecule has 0 aromatic carbocycles. The van der Waals surface area contributed by atoms with Crippen LogP contribution in [0.15, 0.2) is 12.2 Å². The molecule has 1 N–H and O–H groups in total. The molecule has 1 nitrogen and oxygen atoms in total. The molecule has 1 unspecified atom stereocenters. The molecular formula is C9H17NS. The average Bonchev–Trinajstić information content (AvgIpc) is 2.50. The van der Waals surface area contributed by atoms with Gasteiger partial charge in [-0.3, -0.25) is 0 Å². The number of allylic oxidation sites excluding steroid dienone is 1. The van der Waals surface area contributed by atoms with Gasteiger partial charge in [0, 0.05) is 11.8 Å². The summed E-state index contributed by atoms with van der Waals surface area (Å²) in [5.74, 6) is 2.66. The molecule has 0 saturated carbocycles. The summed E-state index contributed by atoms with van der Waals surface area (Å²) in [6.07, 6.45) is 6.87. The molecule has 0 aliphatic carbocycles. The Morgan fingerprint density at radius 3 is 3.18 bits per heavy atom. The van der Waals surface area contributed by atoms with Crippen molar-refractivity contribution in [1.29, 1.82) is 0 Å². The lowest BCUT2D eigenvalue weighted by molar-refractivity contribution is 0.564. The third kappa shape index (κ3) is 3.82. The standard InChI is InChI=1S/C9H17NS/c1-2-3-4-6-10-9-5-7-11-8-9/h2-3,9-10H,4-8H2,1H3/b3-2+. The Kier molecular flexibility index (Phi) is 4.71. The van der Waals surface area contributed by atoms with Gasteiger partial charge in [-0.25, -0.2) is 0 Å². The van der Waals surface area contributed by atoms with Gasteiger partial charge in [0.05, 0.1) is 0 Å². The SMILES string of the molecule is C/C=C/CCNC1CCSC1. The second-order valence-electron chi connectivity index (χ2n) is 2.87. The van der Waals surface area contributed by atoms with Crippen LogP contribution in [0.3, 0.4) is 0 Å². The highest BCUT2D eigenvalue weighted by molar-refractivity contribution is 7.99. The van der Waals surface area contributed by atoms with Gasteiger partial charge >= 0.3 is 0 Å². The van der Waals surface area contributed by atoms with E-state index in [9.17, 15) is 0 Å². The number of hydrogen-bond donors (Lipinski definition) is 1. The summed E-state index contributed by atoms with van der Waals surface area (Å²) in [6.45, 7) is 3.22. The van der Waals surface area contributed by atoms with Gasteiger partial charge in [-0.2, -0.15) is 11.8 Å². The summed E-state index contributed by atoms with van der Waals surface area (Å²) in [5, 5.41) is 3.54. The molecule has 1 fully saturated rings. The lowest BCUT2D eigenvalue weighted by Gasteiger charge is -2.08. The van der Waals surface area contributed by atoms with Gasteiger partial charge in [-0.15, -0.1) is 0 Å². The number of thioether (sulfide) groups is 1. The maximum absolute atomic E-state index is 3.54. The van der Waals surface area contributed by atoms with E-state index in [-0.39, 0.29) is 0 Å². The molecule has 1 aliphatic heterocycles. The first-order valence-corrected chi connectivity index (χ1v) is 5.51. The minimum atomic E-state index is 0.797. The minimum absolute atomic E-state index is 0.797. The van der Waals surface area contributed by atoms with Gasteiger partial charge in [0.2, 0.25) is 0 Å². The Hall–Kier alpha value is 0.0500. The molecule has 2 heteroatoms. The Morgan fingerprint density at radius 1 is 1.64 bits per heavy atom. The third-order valence-electron chi connectivity index (χ3n) is 1.91. The highest BCUT2D eigenvalue weighted by atomic mass is 32.2. The van der Waals surface area contributed by atoms with E-state index in [0.717, 1.165) is 12.6 Å². The molecule has 0 bridgehead atoms. The lowest BCUT2D eigenvalue weighted by Crippen LogP contribution is -2.29. The van der Waals surface area contributed by atoms with Gasteiger partial charge in [0.1, 0.15) is 0 Å². The van der Waals surface area contributed by atoms with Crippen molar-refractivity contribution in [3.05, 3.63) is 12.2 Å². The zero-order valence-corrected chi connectivity index (χ0v) is 7.99. The van der Waals surface area contributed by atoms with E-state index < -0.39 is 0 Å². The fraction of sp³-hybridized carbons (Fsp3) is 0.778. The van der Waals surface area contributed by atoms with Crippen molar-refractivity contribution in [3.63, 3.8) is 0 Å². The van der Waals surface area contributed by atoms with Gasteiger partial charge in [-0.1, -0.05) is 12.2 Å². The zero-order valence-electron chi connectivity index (χ0n) is 7.18. The molecule has 0 radical (unpaired) electrons. The predicted molar refractivity (Wildman–Crippen MR) is 53.2 cm³/mol. The second-order valence-corrected chi connectivity index (χ2v) is 4.02. The van der Waals surface area contributed by atoms with Crippen LogP contribution in [0.1, 0.15) is 19.8 Å². The van der Waals surface area contributed by atoms with Crippen molar-refractivity contribution in [1.82, 2.24) is 5.32 Å². The summed E-state index contributed by atoms with van der Waals surface area (Å²) >= 11 is 2.07. The minimum Gasteiger partial charge on any atom is -0.313 e. The average molecular weight is 171 g/mol. The molecule has 1 saturated heterocycles. The van der Waals surface area contributed by atoms with Crippen LogP contribution >= 0.6 is 11.8 Å². The second kappa shape index (κ2) is 5.67. The van der Waals surface area contributed by atoms with Crippen molar-refractivity contribution in [2.45, 2.75) is 25.8 Å². The van der Waals surface area contributed by atoms with Crippen LogP contribution in [-0.4, -0.2) is 24.1 Å². The monoisotopic (exact) mass is 171 g/mol. The van der Waals surface area contributed by atoms with E-state index in [4.69, 9.17) is 0 Å². The molecule has 64 valence electrons. The van der Waals surface area contributed by atoms with Crippen molar-refractivity contribution < 1.29 is 0 Å². The summed E-state index contributed by atoms with van der Waals surface area (Å²) in [7, 11) is 0. The fourth-order valence-electron chi connectivity index (χ4n) is 1.23. The van der Waals surface area contributed by atoms with Gasteiger partial charge in [-0.05, 0) is 32.1 Å². The Labute approximate surface area is 73.6 Å². The van der Waals surface area contributed by atoms with Gasteiger partial charge < -0.3 is 5.32 Å². The van der Waals surface area contributed by atoms with Crippen LogP contribution < -0.4 is 5.32 Å². The molecule has 1 rings (SSSR count). The molecule has 1 atom stereocenters. The highest BCUT2D eigenvalue weighted by Crippen LogP contribution is 2.16. The van der Waals surface area contributed by atoms with E-state index in [1.807, 2.05) is 0 Å². The molecule has 0 aromatic heterocycles. The molecular weight excluding hydrogens is 154 g/mol. The summed E-state index contributed by atoms with van der Waals surface area (Å²) in [4.78, 5) is 0. The van der Waals surface area contributed by atoms with Crippen LogP contribution in [0.5, 0.6) is 0 Å². The Morgan fingerprint density at radius 2 is 2.55 bits per heavy atom. The first-order chi connectivity index (χ1) is 5.43. The van der Waals surface area contributed by atoms with Crippen molar-refractivity contribution in [3.8, 4) is 0 Å². The van der Waals surface area contributed by atoms with Crippen LogP contribution in [0.4, 0.5) is 0 Å². The van der Waals surface area contributed by atoms with Crippen LogP contribution in [0.2, 0.25) is 0 Å². The maximum Gasteiger partial charge on any atom is 0.0166 e. The Balaban J connectivity index is 1.93. The lowest BCUT2D eigenvalue weighted by atomic mass is 10.2. The summed E-state index contributed by atoms with van der Waals surface area (Å²) < 4.78 is 0. The van der Waals surface area contributed by atoms with Crippen molar-refractivity contribution >= 4 is 11.8 Å². The highest BCUT2D eigenvalue weighted by Gasteiger charge is 2.13. The molecule has 0 aromatic rings. The van der Waals surface area contributed by atoms with E-state index >= 15 is 0 Å². The van der Waals surface area contributed by atoms with Crippen molar-refractivity contribution in [2.24, 2.45) is 0 Å². The Bertz CT molecular complexity index is 117. The van der Waals surface area contributed by atoms with E-state index in [0.29, 0.717) is 0 Å². The van der Waals surface area contributed by atoms with E-state index in [1.165, 1.54) is 24.3 Å². The third-order valence-corrected chi connectivity index (χ3v) is 3.07. The van der Waals surface area contributed by atoms with E-state index in [2.05, 4.69) is 36.2 Å². The molecule has 11 heavy (non-hydrogen) atoms. The normalized spacial score (nSPS) is 25.0. The summed E-state index contributed by atoms with van der Waals surface area (Å²) in [6, 6.07) is 0.797. The van der Waals surface area contributed by atoms with Crippen LogP contribution in [0, 0.1) is 0 Å². The quantitative estimate of drug-likeness (QED) is 0.513. The molecule has 0 spiro atoms. The topological polar surface area (TPSA) is 12.0 Å². The molecule has 1 aliphatic rings. The zero-order chi connectivity index (χ0) is 7.94. The van der Waals surface area contributed by atoms with Crippen molar-refractivity contribution in [2.75, 3.05) is 18.1 Å². The van der Waals surface area contributed by atoms with Gasteiger partial charge in [0.25, 0.3) is 0 Å². The number of rotatable bonds is 4. The first kappa shape index (κ1) is 9.14. The van der Waals surface area contributed by atoms with Gasteiger partial charge in [0.15, 0.2) is 0 Å². The first-order valence-electron chi connectivity index (χ1n) is 4.36. The maximum atomic E-state index is 3.54. The smallest absolute Gasteiger partial charge is 0.0166 e. The van der Waals surface area contributed by atoms with Crippen LogP contribution in [0.25, 0.3) is 0 Å². The van der Waals surface area contributed by atoms with Crippen LogP contribution in [-0.2, 0) is 0 Å².